The smallest absolute Gasteiger partial charge is 0.212 e. The summed E-state index contributed by atoms with van der Waals surface area (Å²) in [6.45, 7) is 2.73. The number of rotatable bonds is 1. The van der Waals surface area contributed by atoms with E-state index in [1.165, 1.54) is 16.6 Å². The maximum atomic E-state index is 4.49. The van der Waals surface area contributed by atoms with Gasteiger partial charge in [0.05, 0.1) is 18.0 Å². The number of fused-ring (bicyclic) bond motifs is 3. The minimum atomic E-state index is 0. The molecule has 2 aliphatic heterocycles. The molecule has 2 aliphatic rings. The Balaban J connectivity index is 0.00000121. The Morgan fingerprint density at radius 3 is 3.05 bits per heavy atom. The van der Waals surface area contributed by atoms with Gasteiger partial charge in [-0.15, -0.1) is 17.0 Å². The van der Waals surface area contributed by atoms with Crippen molar-refractivity contribution in [1.29, 1.82) is 0 Å². The molecule has 5 nitrogen and oxygen atoms in total. The second-order valence-electron chi connectivity index (χ2n) is 4.82. The lowest BCUT2D eigenvalue weighted by molar-refractivity contribution is 0.797. The number of nitrogens with zero attached hydrogens (tertiary/aromatic N) is 3. The predicted octanol–water partition coefficient (Wildman–Crippen LogP) is 1.88. The maximum Gasteiger partial charge on any atom is 0.212 e. The van der Waals surface area contributed by atoms with Gasteiger partial charge in [0.25, 0.3) is 0 Å². The van der Waals surface area contributed by atoms with Gasteiger partial charge in [-0.05, 0) is 12.1 Å². The summed E-state index contributed by atoms with van der Waals surface area (Å²) in [5.41, 5.74) is 6.63. The van der Waals surface area contributed by atoms with E-state index in [-0.39, 0.29) is 17.0 Å². The number of aromatic nitrogens is 1. The zero-order valence-corrected chi connectivity index (χ0v) is 12.7. The fourth-order valence-electron chi connectivity index (χ4n) is 2.74. The van der Waals surface area contributed by atoms with Gasteiger partial charge >= 0.3 is 0 Å². The molecule has 0 spiro atoms. The van der Waals surface area contributed by atoms with E-state index in [4.69, 9.17) is 0 Å². The summed E-state index contributed by atoms with van der Waals surface area (Å²) in [6, 6.07) is 10.7. The molecule has 4 rings (SSSR count). The van der Waals surface area contributed by atoms with Crippen LogP contribution >= 0.6 is 17.0 Å². The topological polar surface area (TPSA) is 53.7 Å². The second-order valence-corrected chi connectivity index (χ2v) is 4.82. The largest absolute Gasteiger partial charge is 0.353 e. The molecule has 104 valence electrons. The molecule has 1 aromatic carbocycles. The fourth-order valence-corrected chi connectivity index (χ4v) is 2.74. The normalized spacial score (nSPS) is 18.6. The van der Waals surface area contributed by atoms with E-state index in [0.29, 0.717) is 0 Å². The minimum Gasteiger partial charge on any atom is -0.353 e. The van der Waals surface area contributed by atoms with Crippen molar-refractivity contribution in [3.8, 4) is 0 Å². The Hall–Kier alpha value is -1.82. The molecule has 0 bridgehead atoms. The number of aryl methyl sites for hydroxylation is 1. The Morgan fingerprint density at radius 2 is 2.20 bits per heavy atom. The summed E-state index contributed by atoms with van der Waals surface area (Å²) < 4.78 is 2.33. The van der Waals surface area contributed by atoms with E-state index in [1.807, 2.05) is 0 Å². The lowest BCUT2D eigenvalue weighted by Crippen LogP contribution is -2.30. The molecule has 0 amide bonds. The lowest BCUT2D eigenvalue weighted by atomic mass is 10.2. The maximum absolute atomic E-state index is 4.49. The van der Waals surface area contributed by atoms with Crippen LogP contribution in [0.3, 0.4) is 0 Å². The van der Waals surface area contributed by atoms with E-state index in [1.54, 1.807) is 0 Å². The van der Waals surface area contributed by atoms with Crippen LogP contribution in [0.25, 0.3) is 10.9 Å². The number of guanidine groups is 1. The quantitative estimate of drug-likeness (QED) is 0.783. The Kier molecular flexibility index (Phi) is 3.48. The molecule has 1 aromatic heterocycles. The number of benzene rings is 1. The SMILES string of the molecule is Br.c1ccc2c(c1)cc1n2CC/C1=N\NC1=NCCN1. The Morgan fingerprint density at radius 1 is 1.30 bits per heavy atom. The van der Waals surface area contributed by atoms with Gasteiger partial charge in [0.15, 0.2) is 0 Å². The number of hydrogen-bond acceptors (Lipinski definition) is 4. The molecule has 3 heterocycles. The Labute approximate surface area is 127 Å². The fraction of sp³-hybridized carbons (Fsp3) is 0.286. The van der Waals surface area contributed by atoms with Crippen LogP contribution in [-0.4, -0.2) is 29.3 Å². The summed E-state index contributed by atoms with van der Waals surface area (Å²) >= 11 is 0. The van der Waals surface area contributed by atoms with Gasteiger partial charge in [-0.1, -0.05) is 18.2 Å². The van der Waals surface area contributed by atoms with E-state index in [9.17, 15) is 0 Å². The van der Waals surface area contributed by atoms with Crippen LogP contribution in [0.4, 0.5) is 0 Å². The first-order valence-electron chi connectivity index (χ1n) is 6.61. The van der Waals surface area contributed by atoms with E-state index < -0.39 is 0 Å². The summed E-state index contributed by atoms with van der Waals surface area (Å²) in [6.07, 6.45) is 0.973. The Bertz CT molecular complexity index is 701. The highest BCUT2D eigenvalue weighted by molar-refractivity contribution is 8.93. The van der Waals surface area contributed by atoms with Crippen LogP contribution in [0.1, 0.15) is 12.1 Å². The number of nitrogens with one attached hydrogen (secondary N) is 2. The zero-order valence-electron chi connectivity index (χ0n) is 11.0. The second kappa shape index (κ2) is 5.28. The first kappa shape index (κ1) is 13.2. The lowest BCUT2D eigenvalue weighted by Gasteiger charge is -2.01. The van der Waals surface area contributed by atoms with E-state index in [0.717, 1.165) is 37.7 Å². The summed E-state index contributed by atoms with van der Waals surface area (Å²) in [5, 5.41) is 8.93. The molecule has 0 atom stereocenters. The molecular formula is C14H16BrN5. The molecule has 0 saturated heterocycles. The van der Waals surface area contributed by atoms with Crippen molar-refractivity contribution < 1.29 is 0 Å². The van der Waals surface area contributed by atoms with Gasteiger partial charge in [-0.25, -0.2) is 10.4 Å². The first-order valence-corrected chi connectivity index (χ1v) is 6.61. The summed E-state index contributed by atoms with van der Waals surface area (Å²) in [7, 11) is 0. The molecular weight excluding hydrogens is 318 g/mol. The van der Waals surface area contributed by atoms with Crippen LogP contribution in [0.5, 0.6) is 0 Å². The minimum absolute atomic E-state index is 0. The molecule has 0 fully saturated rings. The molecule has 2 aromatic rings. The third-order valence-electron chi connectivity index (χ3n) is 3.65. The average Bonchev–Trinajstić information content (AvgIpc) is 3.13. The van der Waals surface area contributed by atoms with Crippen LogP contribution in [0.15, 0.2) is 40.4 Å². The highest BCUT2D eigenvalue weighted by Crippen LogP contribution is 2.26. The van der Waals surface area contributed by atoms with Crippen molar-refractivity contribution >= 4 is 39.6 Å². The highest BCUT2D eigenvalue weighted by Gasteiger charge is 2.20. The van der Waals surface area contributed by atoms with Crippen molar-refractivity contribution in [1.82, 2.24) is 15.3 Å². The molecule has 6 heteroatoms. The van der Waals surface area contributed by atoms with Crippen molar-refractivity contribution in [3.63, 3.8) is 0 Å². The number of halogens is 1. The van der Waals surface area contributed by atoms with Crippen molar-refractivity contribution in [2.24, 2.45) is 10.1 Å². The molecule has 20 heavy (non-hydrogen) atoms. The van der Waals surface area contributed by atoms with Gasteiger partial charge in [0, 0.05) is 30.4 Å². The van der Waals surface area contributed by atoms with Crippen LogP contribution in [0.2, 0.25) is 0 Å². The van der Waals surface area contributed by atoms with Gasteiger partial charge < -0.3 is 9.88 Å². The third-order valence-corrected chi connectivity index (χ3v) is 3.65. The van der Waals surface area contributed by atoms with Gasteiger partial charge in [0.2, 0.25) is 5.96 Å². The number of hydrogen-bond donors (Lipinski definition) is 2. The van der Waals surface area contributed by atoms with Gasteiger partial charge in [0.1, 0.15) is 0 Å². The van der Waals surface area contributed by atoms with Crippen molar-refractivity contribution in [2.75, 3.05) is 13.1 Å². The number of aliphatic imine (C=N–C) groups is 1. The zero-order chi connectivity index (χ0) is 12.7. The number of para-hydroxylation sites is 1. The molecule has 2 N–H and O–H groups in total. The monoisotopic (exact) mass is 333 g/mol. The van der Waals surface area contributed by atoms with E-state index in [2.05, 4.69) is 55.7 Å². The highest BCUT2D eigenvalue weighted by atomic mass is 79.9. The number of hydrazone groups is 1. The third kappa shape index (κ3) is 2.10. The van der Waals surface area contributed by atoms with Crippen LogP contribution in [0, 0.1) is 0 Å². The molecule has 0 saturated carbocycles. The molecule has 0 radical (unpaired) electrons. The molecule has 0 aliphatic carbocycles. The summed E-state index contributed by atoms with van der Waals surface area (Å²) in [5.74, 6) is 0.780. The van der Waals surface area contributed by atoms with Crippen LogP contribution < -0.4 is 10.7 Å². The average molecular weight is 334 g/mol. The van der Waals surface area contributed by atoms with Crippen LogP contribution in [-0.2, 0) is 6.54 Å². The van der Waals surface area contributed by atoms with Gasteiger partial charge in [-0.2, -0.15) is 5.10 Å². The molecule has 0 unspecified atom stereocenters. The standard InChI is InChI=1S/C14H15N5.BrH/c1-2-4-12-10(3-1)9-13-11(5-8-19(12)13)17-18-14-15-6-7-16-14;/h1-4,9H,5-8H2,(H2,15,16,18);1H/b17-11+;. The van der Waals surface area contributed by atoms with Crippen molar-refractivity contribution in [3.05, 3.63) is 36.0 Å². The summed E-state index contributed by atoms with van der Waals surface area (Å²) in [4.78, 5) is 4.28. The van der Waals surface area contributed by atoms with Crippen molar-refractivity contribution in [2.45, 2.75) is 13.0 Å². The van der Waals surface area contributed by atoms with E-state index >= 15 is 0 Å². The predicted molar refractivity (Wildman–Crippen MR) is 86.9 cm³/mol. The first-order chi connectivity index (χ1) is 9.42. The van der Waals surface area contributed by atoms with Gasteiger partial charge in [-0.3, -0.25) is 0 Å².